The summed E-state index contributed by atoms with van der Waals surface area (Å²) in [7, 11) is 0. The second kappa shape index (κ2) is 5.56. The van der Waals surface area contributed by atoms with E-state index in [0.717, 1.165) is 25.9 Å². The van der Waals surface area contributed by atoms with Gasteiger partial charge in [0, 0.05) is 19.6 Å². The molecule has 0 aliphatic carbocycles. The highest BCUT2D eigenvalue weighted by Gasteiger charge is 2.35. The van der Waals surface area contributed by atoms with Crippen LogP contribution >= 0.6 is 0 Å². The number of piperidine rings is 1. The van der Waals surface area contributed by atoms with Gasteiger partial charge in [0.1, 0.15) is 0 Å². The monoisotopic (exact) mass is 256 g/mol. The van der Waals surface area contributed by atoms with Gasteiger partial charge in [-0.3, -0.25) is 0 Å². The van der Waals surface area contributed by atoms with Crippen LogP contribution in [0.5, 0.6) is 0 Å². The summed E-state index contributed by atoms with van der Waals surface area (Å²) in [5.41, 5.74) is 0. The van der Waals surface area contributed by atoms with E-state index in [9.17, 15) is 9.59 Å². The lowest BCUT2D eigenvalue weighted by Crippen LogP contribution is -2.57. The van der Waals surface area contributed by atoms with Crippen LogP contribution in [-0.2, 0) is 9.53 Å². The van der Waals surface area contributed by atoms with Crippen molar-refractivity contribution in [2.75, 3.05) is 32.8 Å². The highest BCUT2D eigenvalue weighted by molar-refractivity contribution is 5.83. The van der Waals surface area contributed by atoms with E-state index < -0.39 is 12.0 Å². The van der Waals surface area contributed by atoms with E-state index in [1.807, 2.05) is 0 Å². The maximum atomic E-state index is 12.3. The summed E-state index contributed by atoms with van der Waals surface area (Å²) >= 11 is 0. The highest BCUT2D eigenvalue weighted by Crippen LogP contribution is 2.19. The Morgan fingerprint density at radius 2 is 1.89 bits per heavy atom. The first-order chi connectivity index (χ1) is 8.59. The Morgan fingerprint density at radius 1 is 1.22 bits per heavy atom. The van der Waals surface area contributed by atoms with E-state index in [1.165, 1.54) is 4.90 Å². The Morgan fingerprint density at radius 3 is 2.50 bits per heavy atom. The molecule has 1 N–H and O–H groups in total. The van der Waals surface area contributed by atoms with Crippen LogP contribution in [0.25, 0.3) is 0 Å². The Kier molecular flexibility index (Phi) is 4.06. The number of likely N-dealkylation sites (tertiary alicyclic amines) is 1. The molecule has 18 heavy (non-hydrogen) atoms. The van der Waals surface area contributed by atoms with Gasteiger partial charge in [-0.05, 0) is 18.8 Å². The zero-order chi connectivity index (χ0) is 13.1. The van der Waals surface area contributed by atoms with Crippen molar-refractivity contribution in [3.05, 3.63) is 0 Å². The molecule has 2 rings (SSSR count). The van der Waals surface area contributed by atoms with Crippen LogP contribution in [0, 0.1) is 5.92 Å². The molecule has 0 spiro atoms. The van der Waals surface area contributed by atoms with Gasteiger partial charge in [-0.2, -0.15) is 0 Å². The topological polar surface area (TPSA) is 70.1 Å². The summed E-state index contributed by atoms with van der Waals surface area (Å²) in [5.74, 6) is -0.345. The first kappa shape index (κ1) is 13.1. The molecule has 1 atom stereocenters. The molecular formula is C12H20N2O4. The SMILES string of the molecule is CC1CCN(C(=O)N2CCOCC2C(=O)O)CC1. The predicted octanol–water partition coefficient (Wildman–Crippen LogP) is 0.624. The molecule has 2 heterocycles. The van der Waals surface area contributed by atoms with Gasteiger partial charge in [0.15, 0.2) is 6.04 Å². The van der Waals surface area contributed by atoms with Gasteiger partial charge in [-0.15, -0.1) is 0 Å². The third-order valence-electron chi connectivity index (χ3n) is 3.71. The summed E-state index contributed by atoms with van der Waals surface area (Å²) < 4.78 is 5.13. The molecule has 0 bridgehead atoms. The quantitative estimate of drug-likeness (QED) is 0.747. The minimum absolute atomic E-state index is 0.0886. The lowest BCUT2D eigenvalue weighted by Gasteiger charge is -2.39. The van der Waals surface area contributed by atoms with Crippen molar-refractivity contribution < 1.29 is 19.4 Å². The molecule has 6 heteroatoms. The molecule has 0 aromatic carbocycles. The van der Waals surface area contributed by atoms with E-state index in [0.29, 0.717) is 19.1 Å². The Hall–Kier alpha value is -1.30. The maximum Gasteiger partial charge on any atom is 0.328 e. The van der Waals surface area contributed by atoms with Crippen LogP contribution in [0.3, 0.4) is 0 Å². The number of hydrogen-bond donors (Lipinski definition) is 1. The van der Waals surface area contributed by atoms with E-state index in [4.69, 9.17) is 9.84 Å². The van der Waals surface area contributed by atoms with Crippen molar-refractivity contribution in [1.29, 1.82) is 0 Å². The van der Waals surface area contributed by atoms with E-state index in [-0.39, 0.29) is 12.6 Å². The first-order valence-electron chi connectivity index (χ1n) is 6.45. The summed E-state index contributed by atoms with van der Waals surface area (Å²) in [4.78, 5) is 26.6. The molecule has 0 saturated carbocycles. The van der Waals surface area contributed by atoms with Crippen molar-refractivity contribution in [2.24, 2.45) is 5.92 Å². The molecular weight excluding hydrogens is 236 g/mol. The zero-order valence-electron chi connectivity index (χ0n) is 10.7. The normalized spacial score (nSPS) is 26.2. The largest absolute Gasteiger partial charge is 0.480 e. The van der Waals surface area contributed by atoms with Crippen molar-refractivity contribution >= 4 is 12.0 Å². The van der Waals surface area contributed by atoms with Crippen molar-refractivity contribution in [1.82, 2.24) is 9.80 Å². The minimum atomic E-state index is -0.992. The number of carbonyl (C=O) groups excluding carboxylic acids is 1. The molecule has 1 unspecified atom stereocenters. The molecule has 102 valence electrons. The van der Waals surface area contributed by atoms with Gasteiger partial charge in [-0.1, -0.05) is 6.92 Å². The number of amides is 2. The third kappa shape index (κ3) is 2.75. The minimum Gasteiger partial charge on any atom is -0.480 e. The number of morpholine rings is 1. The molecule has 0 radical (unpaired) electrons. The van der Waals surface area contributed by atoms with Crippen molar-refractivity contribution in [3.8, 4) is 0 Å². The summed E-state index contributed by atoms with van der Waals surface area (Å²) in [6, 6.07) is -0.997. The predicted molar refractivity (Wildman–Crippen MR) is 64.3 cm³/mol. The van der Waals surface area contributed by atoms with Crippen molar-refractivity contribution in [2.45, 2.75) is 25.8 Å². The molecule has 2 saturated heterocycles. The van der Waals surface area contributed by atoms with Crippen LogP contribution in [0.4, 0.5) is 4.79 Å². The number of nitrogens with zero attached hydrogens (tertiary/aromatic N) is 2. The number of ether oxygens (including phenoxy) is 1. The van der Waals surface area contributed by atoms with Gasteiger partial charge in [0.05, 0.1) is 13.2 Å². The van der Waals surface area contributed by atoms with Crippen LogP contribution in [0.15, 0.2) is 0 Å². The zero-order valence-corrected chi connectivity index (χ0v) is 10.7. The van der Waals surface area contributed by atoms with Crippen LogP contribution in [0.1, 0.15) is 19.8 Å². The lowest BCUT2D eigenvalue weighted by atomic mass is 9.99. The number of aliphatic carboxylic acids is 1. The number of carbonyl (C=O) groups is 2. The lowest BCUT2D eigenvalue weighted by molar-refractivity contribution is -0.147. The number of carboxylic acid groups (broad SMARTS) is 1. The average Bonchev–Trinajstić information content (AvgIpc) is 2.39. The van der Waals surface area contributed by atoms with Crippen LogP contribution < -0.4 is 0 Å². The van der Waals surface area contributed by atoms with E-state index >= 15 is 0 Å². The molecule has 2 aliphatic rings. The fraction of sp³-hybridized carbons (Fsp3) is 0.833. The third-order valence-corrected chi connectivity index (χ3v) is 3.71. The number of urea groups is 1. The number of carboxylic acids is 1. The summed E-state index contributed by atoms with van der Waals surface area (Å²) in [5, 5.41) is 9.11. The standard InChI is InChI=1S/C12H20N2O4/c1-9-2-4-13(5-3-9)12(17)14-6-7-18-8-10(14)11(15)16/h9-10H,2-8H2,1H3,(H,15,16). The van der Waals surface area contributed by atoms with Crippen molar-refractivity contribution in [3.63, 3.8) is 0 Å². The smallest absolute Gasteiger partial charge is 0.328 e. The molecule has 2 fully saturated rings. The van der Waals surface area contributed by atoms with Gasteiger partial charge >= 0.3 is 12.0 Å². The Labute approximate surface area is 106 Å². The van der Waals surface area contributed by atoms with Crippen LogP contribution in [0.2, 0.25) is 0 Å². The second-order valence-corrected chi connectivity index (χ2v) is 5.07. The molecule has 2 aliphatic heterocycles. The molecule has 6 nitrogen and oxygen atoms in total. The molecule has 0 aromatic heterocycles. The second-order valence-electron chi connectivity index (χ2n) is 5.07. The van der Waals surface area contributed by atoms with Gasteiger partial charge < -0.3 is 19.6 Å². The number of hydrogen-bond acceptors (Lipinski definition) is 3. The average molecular weight is 256 g/mol. The molecule has 2 amide bonds. The summed E-state index contributed by atoms with van der Waals surface area (Å²) in [6.45, 7) is 4.50. The van der Waals surface area contributed by atoms with E-state index in [1.54, 1.807) is 4.90 Å². The van der Waals surface area contributed by atoms with Crippen LogP contribution in [-0.4, -0.2) is 65.8 Å². The number of rotatable bonds is 1. The fourth-order valence-corrected chi connectivity index (χ4v) is 2.42. The Bertz CT molecular complexity index is 326. The van der Waals surface area contributed by atoms with Gasteiger partial charge in [0.25, 0.3) is 0 Å². The maximum absolute atomic E-state index is 12.3. The van der Waals surface area contributed by atoms with Gasteiger partial charge in [0.2, 0.25) is 0 Å². The first-order valence-corrected chi connectivity index (χ1v) is 6.45. The Balaban J connectivity index is 2.00. The molecule has 0 aromatic rings. The van der Waals surface area contributed by atoms with Gasteiger partial charge in [-0.25, -0.2) is 9.59 Å². The fourth-order valence-electron chi connectivity index (χ4n) is 2.42. The summed E-state index contributed by atoms with van der Waals surface area (Å²) in [6.07, 6.45) is 1.99. The van der Waals surface area contributed by atoms with E-state index in [2.05, 4.69) is 6.92 Å². The highest BCUT2D eigenvalue weighted by atomic mass is 16.5.